The first-order valence-corrected chi connectivity index (χ1v) is 3.87. The molecular formula is C9H15N. The normalized spacial score (nSPS) is 33.3. The van der Waals surface area contributed by atoms with Gasteiger partial charge in [-0.2, -0.15) is 0 Å². The van der Waals surface area contributed by atoms with Crippen LogP contribution in [-0.4, -0.2) is 12.6 Å². The van der Waals surface area contributed by atoms with Crippen molar-refractivity contribution in [2.45, 2.75) is 19.4 Å². The van der Waals surface area contributed by atoms with Gasteiger partial charge in [0.25, 0.3) is 0 Å². The summed E-state index contributed by atoms with van der Waals surface area (Å²) < 4.78 is 0. The molecular weight excluding hydrogens is 122 g/mol. The maximum atomic E-state index is 3.78. The van der Waals surface area contributed by atoms with Crippen LogP contribution in [0.15, 0.2) is 24.8 Å². The van der Waals surface area contributed by atoms with Crippen molar-refractivity contribution >= 4 is 0 Å². The Kier molecular flexibility index (Phi) is 2.69. The monoisotopic (exact) mass is 137 g/mol. The van der Waals surface area contributed by atoms with Gasteiger partial charge in [-0.1, -0.05) is 18.2 Å². The molecule has 1 aliphatic rings. The quantitative estimate of drug-likeness (QED) is 0.571. The van der Waals surface area contributed by atoms with E-state index in [2.05, 4.69) is 31.0 Å². The minimum atomic E-state index is 0.510. The Balaban J connectivity index is 2.49. The predicted octanol–water partition coefficient (Wildman–Crippen LogP) is 1.73. The van der Waals surface area contributed by atoms with E-state index in [1.54, 1.807) is 0 Å². The van der Waals surface area contributed by atoms with Crippen molar-refractivity contribution in [2.24, 2.45) is 5.92 Å². The number of hydrogen-bond acceptors (Lipinski definition) is 1. The molecule has 0 amide bonds. The van der Waals surface area contributed by atoms with Gasteiger partial charge in [0.2, 0.25) is 0 Å². The lowest BCUT2D eigenvalue weighted by molar-refractivity contribution is 0.619. The molecule has 2 atom stereocenters. The van der Waals surface area contributed by atoms with Gasteiger partial charge in [0, 0.05) is 6.04 Å². The highest BCUT2D eigenvalue weighted by molar-refractivity contribution is 5.03. The molecule has 1 fully saturated rings. The zero-order valence-electron chi connectivity index (χ0n) is 6.51. The van der Waals surface area contributed by atoms with Gasteiger partial charge in [-0.05, 0) is 25.8 Å². The fourth-order valence-electron chi connectivity index (χ4n) is 1.47. The summed E-state index contributed by atoms with van der Waals surface area (Å²) in [6, 6.07) is 0.510. The van der Waals surface area contributed by atoms with Gasteiger partial charge in [-0.15, -0.1) is 6.58 Å². The summed E-state index contributed by atoms with van der Waals surface area (Å²) in [5.41, 5.74) is 0. The van der Waals surface area contributed by atoms with E-state index >= 15 is 0 Å². The van der Waals surface area contributed by atoms with Crippen molar-refractivity contribution in [3.8, 4) is 0 Å². The minimum Gasteiger partial charge on any atom is -0.310 e. The molecule has 0 aliphatic carbocycles. The largest absolute Gasteiger partial charge is 0.310 e. The number of hydrogen-bond donors (Lipinski definition) is 1. The second-order valence-electron chi connectivity index (χ2n) is 2.69. The molecule has 56 valence electrons. The molecule has 0 radical (unpaired) electrons. The van der Waals surface area contributed by atoms with Gasteiger partial charge in [0.05, 0.1) is 0 Å². The molecule has 0 aromatic heterocycles. The van der Waals surface area contributed by atoms with E-state index in [0.717, 1.165) is 6.54 Å². The number of rotatable bonds is 2. The van der Waals surface area contributed by atoms with Crippen LogP contribution < -0.4 is 5.32 Å². The fourth-order valence-corrected chi connectivity index (χ4v) is 1.47. The maximum absolute atomic E-state index is 3.78. The summed E-state index contributed by atoms with van der Waals surface area (Å²) >= 11 is 0. The van der Waals surface area contributed by atoms with Crippen molar-refractivity contribution in [3.05, 3.63) is 24.8 Å². The van der Waals surface area contributed by atoms with Crippen molar-refractivity contribution in [2.75, 3.05) is 6.54 Å². The number of allylic oxidation sites excluding steroid dienone is 1. The second-order valence-corrected chi connectivity index (χ2v) is 2.69. The molecule has 1 saturated heterocycles. The Bertz CT molecular complexity index is 138. The predicted molar refractivity (Wildman–Crippen MR) is 44.9 cm³/mol. The summed E-state index contributed by atoms with van der Waals surface area (Å²) in [6.45, 7) is 6.98. The van der Waals surface area contributed by atoms with Crippen molar-refractivity contribution < 1.29 is 0 Å². The van der Waals surface area contributed by atoms with Gasteiger partial charge in [0.15, 0.2) is 0 Å². The van der Waals surface area contributed by atoms with Crippen LogP contribution in [0.3, 0.4) is 0 Å². The van der Waals surface area contributed by atoms with E-state index in [9.17, 15) is 0 Å². The molecule has 1 N–H and O–H groups in total. The summed E-state index contributed by atoms with van der Waals surface area (Å²) in [4.78, 5) is 0. The first kappa shape index (κ1) is 7.55. The number of nitrogens with one attached hydrogen (secondary N) is 1. The standard InChI is InChI=1S/C9H15N/c1-3-5-8-6-7-10-9(8)4-2/h3-5,8-10H,2,6-7H2,1H3. The molecule has 1 heterocycles. The zero-order valence-corrected chi connectivity index (χ0v) is 6.51. The molecule has 0 bridgehead atoms. The SMILES string of the molecule is C=CC1NCCC1C=CC. The Hall–Kier alpha value is -0.560. The third kappa shape index (κ3) is 1.48. The summed E-state index contributed by atoms with van der Waals surface area (Å²) in [7, 11) is 0. The lowest BCUT2D eigenvalue weighted by Gasteiger charge is -2.09. The molecule has 2 unspecified atom stereocenters. The highest BCUT2D eigenvalue weighted by Gasteiger charge is 2.20. The van der Waals surface area contributed by atoms with Crippen molar-refractivity contribution in [1.29, 1.82) is 0 Å². The van der Waals surface area contributed by atoms with E-state index in [4.69, 9.17) is 0 Å². The van der Waals surface area contributed by atoms with Crippen LogP contribution in [0.4, 0.5) is 0 Å². The Morgan fingerprint density at radius 2 is 2.40 bits per heavy atom. The van der Waals surface area contributed by atoms with Crippen LogP contribution in [0, 0.1) is 5.92 Å². The highest BCUT2D eigenvalue weighted by Crippen LogP contribution is 2.17. The van der Waals surface area contributed by atoms with Crippen molar-refractivity contribution in [1.82, 2.24) is 5.32 Å². The molecule has 1 rings (SSSR count). The summed E-state index contributed by atoms with van der Waals surface area (Å²) in [6.07, 6.45) is 7.62. The molecule has 0 saturated carbocycles. The molecule has 1 nitrogen and oxygen atoms in total. The van der Waals surface area contributed by atoms with E-state index < -0.39 is 0 Å². The van der Waals surface area contributed by atoms with E-state index in [1.165, 1.54) is 6.42 Å². The lowest BCUT2D eigenvalue weighted by atomic mass is 10.0. The van der Waals surface area contributed by atoms with Gasteiger partial charge in [0.1, 0.15) is 0 Å². The van der Waals surface area contributed by atoms with Crippen LogP contribution in [0.25, 0.3) is 0 Å². The van der Waals surface area contributed by atoms with E-state index in [-0.39, 0.29) is 0 Å². The van der Waals surface area contributed by atoms with Crippen molar-refractivity contribution in [3.63, 3.8) is 0 Å². The minimum absolute atomic E-state index is 0.510. The first-order valence-electron chi connectivity index (χ1n) is 3.87. The smallest absolute Gasteiger partial charge is 0.0310 e. The topological polar surface area (TPSA) is 12.0 Å². The Morgan fingerprint density at radius 1 is 1.60 bits per heavy atom. The summed E-state index contributed by atoms with van der Waals surface area (Å²) in [5, 5.41) is 3.37. The van der Waals surface area contributed by atoms with Gasteiger partial charge >= 0.3 is 0 Å². The van der Waals surface area contributed by atoms with E-state index in [0.29, 0.717) is 12.0 Å². The Labute approximate surface area is 62.8 Å². The molecule has 0 aromatic carbocycles. The van der Waals surface area contributed by atoms with Gasteiger partial charge in [-0.25, -0.2) is 0 Å². The highest BCUT2D eigenvalue weighted by atomic mass is 14.9. The van der Waals surface area contributed by atoms with E-state index in [1.807, 2.05) is 6.08 Å². The fraction of sp³-hybridized carbons (Fsp3) is 0.556. The average molecular weight is 137 g/mol. The Morgan fingerprint density at radius 3 is 3.00 bits per heavy atom. The first-order chi connectivity index (χ1) is 4.88. The molecule has 1 heteroatoms. The molecule has 1 aliphatic heterocycles. The molecule has 0 aromatic rings. The van der Waals surface area contributed by atoms with Crippen LogP contribution in [-0.2, 0) is 0 Å². The average Bonchev–Trinajstić information content (AvgIpc) is 2.36. The molecule has 0 spiro atoms. The van der Waals surface area contributed by atoms with Crippen LogP contribution in [0.5, 0.6) is 0 Å². The summed E-state index contributed by atoms with van der Waals surface area (Å²) in [5.74, 6) is 0.683. The maximum Gasteiger partial charge on any atom is 0.0310 e. The lowest BCUT2D eigenvalue weighted by Crippen LogP contribution is -2.22. The third-order valence-electron chi connectivity index (χ3n) is 2.01. The van der Waals surface area contributed by atoms with Crippen LogP contribution in [0.1, 0.15) is 13.3 Å². The van der Waals surface area contributed by atoms with Gasteiger partial charge < -0.3 is 5.32 Å². The molecule has 10 heavy (non-hydrogen) atoms. The van der Waals surface area contributed by atoms with Crippen LogP contribution in [0.2, 0.25) is 0 Å². The third-order valence-corrected chi connectivity index (χ3v) is 2.01. The van der Waals surface area contributed by atoms with Gasteiger partial charge in [-0.3, -0.25) is 0 Å². The van der Waals surface area contributed by atoms with Crippen LogP contribution >= 0.6 is 0 Å². The zero-order chi connectivity index (χ0) is 7.40. The second kappa shape index (κ2) is 3.57.